The molecule has 9 heteroatoms. The van der Waals surface area contributed by atoms with Gasteiger partial charge in [0.1, 0.15) is 4.88 Å². The Kier molecular flexibility index (Phi) is 4.72. The minimum Gasteiger partial charge on any atom is -0.338 e. The number of anilines is 2. The van der Waals surface area contributed by atoms with Gasteiger partial charge >= 0.3 is 0 Å². The molecule has 0 unspecified atom stereocenters. The molecular weight excluding hydrogens is 326 g/mol. The summed E-state index contributed by atoms with van der Waals surface area (Å²) in [5, 5.41) is 6.77. The van der Waals surface area contributed by atoms with E-state index in [0.29, 0.717) is 16.3 Å². The van der Waals surface area contributed by atoms with E-state index in [4.69, 9.17) is 0 Å². The number of likely N-dealkylation sites (N-methyl/N-ethyl adjacent to an activating group) is 1. The fourth-order valence-electron chi connectivity index (χ4n) is 2.64. The van der Waals surface area contributed by atoms with Crippen molar-refractivity contribution < 1.29 is 4.79 Å². The van der Waals surface area contributed by atoms with Gasteiger partial charge in [-0.15, -0.1) is 5.10 Å². The van der Waals surface area contributed by atoms with Crippen molar-refractivity contribution in [2.24, 2.45) is 0 Å². The molecular formula is C15H21N7OS. The minimum absolute atomic E-state index is 0.218. The molecule has 128 valence electrons. The topological polar surface area (TPSA) is 87.1 Å². The van der Waals surface area contributed by atoms with Crippen LogP contribution in [0.1, 0.15) is 26.8 Å². The van der Waals surface area contributed by atoms with Gasteiger partial charge in [0.05, 0.1) is 22.8 Å². The lowest BCUT2D eigenvalue weighted by Gasteiger charge is -2.32. The lowest BCUT2D eigenvalue weighted by atomic mass is 10.2. The van der Waals surface area contributed by atoms with E-state index in [2.05, 4.69) is 41.7 Å². The highest BCUT2D eigenvalue weighted by atomic mass is 32.1. The van der Waals surface area contributed by atoms with E-state index >= 15 is 0 Å². The maximum Gasteiger partial charge on any atom is 0.269 e. The van der Waals surface area contributed by atoms with Crippen molar-refractivity contribution in [1.82, 2.24) is 24.5 Å². The van der Waals surface area contributed by atoms with E-state index in [1.54, 1.807) is 6.92 Å². The highest BCUT2D eigenvalue weighted by Gasteiger charge is 2.20. The van der Waals surface area contributed by atoms with Gasteiger partial charge in [-0.25, -0.2) is 9.97 Å². The summed E-state index contributed by atoms with van der Waals surface area (Å²) in [6.45, 7) is 9.36. The van der Waals surface area contributed by atoms with Gasteiger partial charge in [-0.2, -0.15) is 0 Å². The normalized spacial score (nSPS) is 15.6. The Morgan fingerprint density at radius 3 is 2.21 bits per heavy atom. The number of hydrogen-bond donors (Lipinski definition) is 1. The zero-order valence-corrected chi connectivity index (χ0v) is 15.1. The average Bonchev–Trinajstić information content (AvgIpc) is 2.97. The van der Waals surface area contributed by atoms with Gasteiger partial charge in [0, 0.05) is 26.2 Å². The molecule has 0 aromatic carbocycles. The summed E-state index contributed by atoms with van der Waals surface area (Å²) < 4.78 is 3.80. The number of amides is 1. The molecule has 2 aromatic heterocycles. The van der Waals surface area contributed by atoms with E-state index in [0.717, 1.165) is 55.0 Å². The molecule has 3 heterocycles. The highest BCUT2D eigenvalue weighted by molar-refractivity contribution is 7.08. The molecule has 1 aliphatic heterocycles. The molecule has 3 rings (SSSR count). The second kappa shape index (κ2) is 6.78. The van der Waals surface area contributed by atoms with Crippen LogP contribution in [0.4, 0.5) is 11.6 Å². The van der Waals surface area contributed by atoms with Crippen LogP contribution in [-0.4, -0.2) is 63.6 Å². The van der Waals surface area contributed by atoms with Gasteiger partial charge in [-0.1, -0.05) is 4.49 Å². The Bertz CT molecular complexity index is 729. The molecule has 0 bridgehead atoms. The van der Waals surface area contributed by atoms with E-state index in [1.807, 2.05) is 13.8 Å². The van der Waals surface area contributed by atoms with Gasteiger partial charge in [-0.05, 0) is 39.4 Å². The summed E-state index contributed by atoms with van der Waals surface area (Å²) in [5.74, 6) is 0.511. The first-order valence-electron chi connectivity index (χ1n) is 7.84. The summed E-state index contributed by atoms with van der Waals surface area (Å²) in [7, 11) is 2.11. The number of carbonyl (C=O) groups excluding carboxylic acids is 1. The van der Waals surface area contributed by atoms with E-state index in [9.17, 15) is 4.79 Å². The van der Waals surface area contributed by atoms with Crippen LogP contribution in [-0.2, 0) is 0 Å². The zero-order chi connectivity index (χ0) is 17.3. The Labute approximate surface area is 145 Å². The Morgan fingerprint density at radius 1 is 1.04 bits per heavy atom. The zero-order valence-electron chi connectivity index (χ0n) is 14.3. The quantitative estimate of drug-likeness (QED) is 0.894. The number of nitrogens with one attached hydrogen (secondary N) is 1. The van der Waals surface area contributed by atoms with Crippen molar-refractivity contribution >= 4 is 29.1 Å². The smallest absolute Gasteiger partial charge is 0.269 e. The highest BCUT2D eigenvalue weighted by Crippen LogP contribution is 2.22. The lowest BCUT2D eigenvalue weighted by Crippen LogP contribution is -2.45. The van der Waals surface area contributed by atoms with Gasteiger partial charge < -0.3 is 15.1 Å². The first kappa shape index (κ1) is 16.7. The van der Waals surface area contributed by atoms with Gasteiger partial charge in [0.25, 0.3) is 5.91 Å². The summed E-state index contributed by atoms with van der Waals surface area (Å²) in [4.78, 5) is 26.5. The maximum atomic E-state index is 12.4. The largest absolute Gasteiger partial charge is 0.338 e. The van der Waals surface area contributed by atoms with E-state index in [1.165, 1.54) is 0 Å². The first-order chi connectivity index (χ1) is 11.5. The molecule has 0 saturated carbocycles. The molecule has 1 saturated heterocycles. The maximum absolute atomic E-state index is 12.4. The summed E-state index contributed by atoms with van der Waals surface area (Å²) in [5.41, 5.74) is 2.81. The second-order valence-corrected chi connectivity index (χ2v) is 6.76. The van der Waals surface area contributed by atoms with Crippen molar-refractivity contribution in [3.05, 3.63) is 22.0 Å². The second-order valence-electron chi connectivity index (χ2n) is 6.00. The van der Waals surface area contributed by atoms with Gasteiger partial charge in [0.2, 0.25) is 5.95 Å². The van der Waals surface area contributed by atoms with Crippen LogP contribution in [0.3, 0.4) is 0 Å². The fourth-order valence-corrected chi connectivity index (χ4v) is 3.19. The number of hydrogen-bond acceptors (Lipinski definition) is 8. The lowest BCUT2D eigenvalue weighted by molar-refractivity contribution is 0.102. The molecule has 0 aliphatic carbocycles. The number of rotatable bonds is 3. The standard InChI is InChI=1S/C15H21N7OS/c1-9-12(18-14(23)13-11(3)19-20-24-13)10(2)17-15(16-9)22-7-5-21(4)6-8-22/h5-8H2,1-4H3,(H,18,23). The van der Waals surface area contributed by atoms with Crippen LogP contribution >= 0.6 is 11.5 Å². The minimum atomic E-state index is -0.218. The van der Waals surface area contributed by atoms with Crippen LogP contribution in [0, 0.1) is 20.8 Å². The van der Waals surface area contributed by atoms with Crippen LogP contribution < -0.4 is 10.2 Å². The van der Waals surface area contributed by atoms with Crippen molar-refractivity contribution in [2.45, 2.75) is 20.8 Å². The third kappa shape index (κ3) is 3.36. The average molecular weight is 347 g/mol. The Morgan fingerprint density at radius 2 is 1.67 bits per heavy atom. The molecule has 1 fully saturated rings. The predicted octanol–water partition coefficient (Wildman–Crippen LogP) is 1.26. The fraction of sp³-hybridized carbons (Fsp3) is 0.533. The molecule has 0 atom stereocenters. The number of aryl methyl sites for hydroxylation is 3. The third-order valence-electron chi connectivity index (χ3n) is 4.14. The molecule has 1 aliphatic rings. The summed E-state index contributed by atoms with van der Waals surface area (Å²) >= 11 is 1.09. The Balaban J connectivity index is 1.80. The van der Waals surface area contributed by atoms with Crippen molar-refractivity contribution in [1.29, 1.82) is 0 Å². The molecule has 24 heavy (non-hydrogen) atoms. The Hall–Kier alpha value is -2.13. The number of aromatic nitrogens is 4. The van der Waals surface area contributed by atoms with Crippen molar-refractivity contribution in [3.63, 3.8) is 0 Å². The molecule has 0 radical (unpaired) electrons. The molecule has 1 amide bonds. The molecule has 1 N–H and O–H groups in total. The van der Waals surface area contributed by atoms with Crippen LogP contribution in [0.15, 0.2) is 0 Å². The van der Waals surface area contributed by atoms with Gasteiger partial charge in [0.15, 0.2) is 0 Å². The number of nitrogens with zero attached hydrogens (tertiary/aromatic N) is 6. The molecule has 8 nitrogen and oxygen atoms in total. The number of piperazine rings is 1. The van der Waals surface area contributed by atoms with E-state index in [-0.39, 0.29) is 5.91 Å². The molecule has 2 aromatic rings. The van der Waals surface area contributed by atoms with Crippen molar-refractivity contribution in [3.8, 4) is 0 Å². The summed E-state index contributed by atoms with van der Waals surface area (Å²) in [6, 6.07) is 0. The van der Waals surface area contributed by atoms with Crippen LogP contribution in [0.2, 0.25) is 0 Å². The number of carbonyl (C=O) groups is 1. The van der Waals surface area contributed by atoms with Gasteiger partial charge in [-0.3, -0.25) is 4.79 Å². The van der Waals surface area contributed by atoms with E-state index < -0.39 is 0 Å². The predicted molar refractivity (Wildman–Crippen MR) is 93.8 cm³/mol. The monoisotopic (exact) mass is 347 g/mol. The summed E-state index contributed by atoms with van der Waals surface area (Å²) in [6.07, 6.45) is 0. The van der Waals surface area contributed by atoms with Crippen LogP contribution in [0.5, 0.6) is 0 Å². The van der Waals surface area contributed by atoms with Crippen LogP contribution in [0.25, 0.3) is 0 Å². The molecule has 0 spiro atoms. The first-order valence-corrected chi connectivity index (χ1v) is 8.62. The third-order valence-corrected chi connectivity index (χ3v) is 4.97. The van der Waals surface area contributed by atoms with Crippen molar-refractivity contribution in [2.75, 3.05) is 43.4 Å². The SMILES string of the molecule is Cc1nnsc1C(=O)Nc1c(C)nc(N2CCN(C)CC2)nc1C.